The lowest BCUT2D eigenvalue weighted by Gasteiger charge is -2.23. The van der Waals surface area contributed by atoms with E-state index in [1.807, 2.05) is 34.1 Å². The molecule has 1 aromatic carbocycles. The second kappa shape index (κ2) is 10.6. The maximum Gasteiger partial charge on any atom is 0.242 e. The molecule has 0 unspecified atom stereocenters. The van der Waals surface area contributed by atoms with Gasteiger partial charge >= 0.3 is 0 Å². The topological polar surface area (TPSA) is 153 Å². The van der Waals surface area contributed by atoms with Gasteiger partial charge in [-0.3, -0.25) is 14.4 Å². The van der Waals surface area contributed by atoms with Crippen LogP contribution < -0.4 is 11.1 Å². The molecule has 3 fully saturated rings. The molecule has 2 aromatic heterocycles. The number of aromatic amines is 2. The molecule has 4 heterocycles. The zero-order chi connectivity index (χ0) is 26.9. The first kappa shape index (κ1) is 25.3. The molecule has 2 atom stereocenters. The summed E-state index contributed by atoms with van der Waals surface area (Å²) in [6.45, 7) is 1.42. The van der Waals surface area contributed by atoms with Gasteiger partial charge in [-0.05, 0) is 49.7 Å². The van der Waals surface area contributed by atoms with Gasteiger partial charge in [-0.1, -0.05) is 24.3 Å². The molecule has 11 heteroatoms. The summed E-state index contributed by atoms with van der Waals surface area (Å²) in [5.41, 5.74) is 9.33. The van der Waals surface area contributed by atoms with Crippen LogP contribution in [0.2, 0.25) is 0 Å². The van der Waals surface area contributed by atoms with Gasteiger partial charge in [-0.2, -0.15) is 0 Å². The molecule has 0 radical (unpaired) electrons. The van der Waals surface area contributed by atoms with Crippen LogP contribution in [0.3, 0.4) is 0 Å². The molecular weight excluding hydrogens is 496 g/mol. The fourth-order valence-electron chi connectivity index (χ4n) is 5.71. The van der Waals surface area contributed by atoms with Gasteiger partial charge in [-0.15, -0.1) is 0 Å². The van der Waals surface area contributed by atoms with E-state index in [4.69, 9.17) is 5.73 Å². The van der Waals surface area contributed by atoms with Gasteiger partial charge in [0.1, 0.15) is 11.6 Å². The first-order chi connectivity index (χ1) is 19.0. The number of likely N-dealkylation sites (tertiary alicyclic amines) is 2. The zero-order valence-electron chi connectivity index (χ0n) is 21.9. The number of rotatable bonds is 8. The van der Waals surface area contributed by atoms with Crippen molar-refractivity contribution >= 4 is 17.7 Å². The average molecular weight is 531 g/mol. The Morgan fingerprint density at radius 2 is 1.33 bits per heavy atom. The predicted octanol–water partition coefficient (Wildman–Crippen LogP) is 2.28. The van der Waals surface area contributed by atoms with Gasteiger partial charge in [0, 0.05) is 19.0 Å². The quantitative estimate of drug-likeness (QED) is 0.351. The SMILES string of the molecule is NCC(=O)N1CCC[C@H]1c1ncc(-c2ccc(-c3cnc([C@@H]4CCCN4C(=O)CNC(=O)C4CC4)[nH]3)cc2)[nH]1. The number of nitrogens with one attached hydrogen (secondary N) is 3. The summed E-state index contributed by atoms with van der Waals surface area (Å²) in [4.78, 5) is 56.5. The Kier molecular flexibility index (Phi) is 6.90. The number of hydrogen-bond acceptors (Lipinski definition) is 6. The van der Waals surface area contributed by atoms with E-state index in [1.165, 1.54) is 0 Å². The third-order valence-electron chi connectivity index (χ3n) is 8.01. The number of H-pyrrole nitrogens is 2. The van der Waals surface area contributed by atoms with Crippen LogP contribution in [0.5, 0.6) is 0 Å². The van der Waals surface area contributed by atoms with E-state index >= 15 is 0 Å². The predicted molar refractivity (Wildman–Crippen MR) is 144 cm³/mol. The smallest absolute Gasteiger partial charge is 0.242 e. The molecule has 1 aliphatic carbocycles. The van der Waals surface area contributed by atoms with Crippen molar-refractivity contribution in [1.82, 2.24) is 35.1 Å². The second-order valence-corrected chi connectivity index (χ2v) is 10.6. The summed E-state index contributed by atoms with van der Waals surface area (Å²) in [6.07, 6.45) is 9.01. The second-order valence-electron chi connectivity index (χ2n) is 10.6. The van der Waals surface area contributed by atoms with Crippen molar-refractivity contribution in [3.63, 3.8) is 0 Å². The molecule has 0 bridgehead atoms. The lowest BCUT2D eigenvalue weighted by Crippen LogP contribution is -2.40. The third kappa shape index (κ3) is 5.18. The lowest BCUT2D eigenvalue weighted by atomic mass is 10.1. The Balaban J connectivity index is 1.11. The van der Waals surface area contributed by atoms with E-state index in [2.05, 4.69) is 25.3 Å². The maximum atomic E-state index is 12.8. The van der Waals surface area contributed by atoms with Gasteiger partial charge in [0.2, 0.25) is 17.7 Å². The number of hydrogen-bond donors (Lipinski definition) is 4. The molecule has 0 spiro atoms. The van der Waals surface area contributed by atoms with Crippen LogP contribution in [0.15, 0.2) is 36.7 Å². The van der Waals surface area contributed by atoms with Crippen molar-refractivity contribution in [2.24, 2.45) is 11.7 Å². The normalized spacial score (nSPS) is 20.9. The average Bonchev–Trinajstić information content (AvgIpc) is 3.44. The number of amides is 3. The van der Waals surface area contributed by atoms with Crippen LogP contribution in [0.25, 0.3) is 22.5 Å². The molecule has 3 amide bonds. The minimum Gasteiger partial charge on any atom is -0.347 e. The number of imidazole rings is 2. The van der Waals surface area contributed by atoms with Crippen molar-refractivity contribution in [1.29, 1.82) is 0 Å². The third-order valence-corrected chi connectivity index (χ3v) is 8.01. The van der Waals surface area contributed by atoms with Crippen LogP contribution in [0.1, 0.15) is 62.3 Å². The molecule has 1 saturated carbocycles. The number of aromatic nitrogens is 4. The van der Waals surface area contributed by atoms with Crippen LogP contribution in [0.4, 0.5) is 0 Å². The van der Waals surface area contributed by atoms with Crippen molar-refractivity contribution in [3.05, 3.63) is 48.3 Å². The number of carbonyl (C=O) groups is 3. The molecule has 204 valence electrons. The highest BCUT2D eigenvalue weighted by atomic mass is 16.2. The molecule has 3 aliphatic rings. The summed E-state index contributed by atoms with van der Waals surface area (Å²) in [7, 11) is 0. The summed E-state index contributed by atoms with van der Waals surface area (Å²) in [6, 6.07) is 7.93. The highest BCUT2D eigenvalue weighted by Gasteiger charge is 2.34. The van der Waals surface area contributed by atoms with E-state index in [-0.39, 0.29) is 48.8 Å². The van der Waals surface area contributed by atoms with Gasteiger partial charge in [0.15, 0.2) is 0 Å². The van der Waals surface area contributed by atoms with Crippen molar-refractivity contribution in [2.45, 2.75) is 50.6 Å². The highest BCUT2D eigenvalue weighted by molar-refractivity contribution is 5.87. The molecule has 6 rings (SSSR count). The Morgan fingerprint density at radius 3 is 1.82 bits per heavy atom. The largest absolute Gasteiger partial charge is 0.347 e. The first-order valence-electron chi connectivity index (χ1n) is 13.8. The molecule has 2 saturated heterocycles. The molecule has 11 nitrogen and oxygen atoms in total. The zero-order valence-corrected chi connectivity index (χ0v) is 21.9. The van der Waals surface area contributed by atoms with Crippen LogP contribution >= 0.6 is 0 Å². The Labute approximate surface area is 226 Å². The van der Waals surface area contributed by atoms with E-state index in [0.29, 0.717) is 13.1 Å². The van der Waals surface area contributed by atoms with Crippen molar-refractivity contribution < 1.29 is 14.4 Å². The van der Waals surface area contributed by atoms with E-state index in [1.54, 1.807) is 12.4 Å². The van der Waals surface area contributed by atoms with Crippen LogP contribution in [0, 0.1) is 5.92 Å². The van der Waals surface area contributed by atoms with E-state index < -0.39 is 0 Å². The van der Waals surface area contributed by atoms with Gasteiger partial charge in [0.25, 0.3) is 0 Å². The lowest BCUT2D eigenvalue weighted by molar-refractivity contribution is -0.134. The van der Waals surface area contributed by atoms with E-state index in [0.717, 1.165) is 72.7 Å². The first-order valence-corrected chi connectivity index (χ1v) is 13.8. The molecular formula is C28H34N8O3. The standard InChI is InChI=1S/C28H34N8O3/c29-13-24(37)35-11-1-3-22(35)26-30-14-20(33-26)17-5-7-18(8-6-17)21-15-31-27(34-21)23-4-2-12-36(23)25(38)16-32-28(39)19-9-10-19/h5-8,14-15,19,22-23H,1-4,9-13,16,29H2,(H,30,33)(H,31,34)(H,32,39)/t22-,23-/m0/s1. The number of nitrogens with zero attached hydrogens (tertiary/aromatic N) is 4. The molecule has 39 heavy (non-hydrogen) atoms. The fraction of sp³-hybridized carbons (Fsp3) is 0.464. The number of carbonyl (C=O) groups excluding carboxylic acids is 3. The fourth-order valence-corrected chi connectivity index (χ4v) is 5.71. The monoisotopic (exact) mass is 530 g/mol. The number of nitrogens with two attached hydrogens (primary N) is 1. The van der Waals surface area contributed by atoms with Crippen LogP contribution in [-0.4, -0.2) is 73.6 Å². The van der Waals surface area contributed by atoms with Gasteiger partial charge in [0.05, 0.1) is 49.0 Å². The van der Waals surface area contributed by atoms with E-state index in [9.17, 15) is 14.4 Å². The Bertz CT molecular complexity index is 1360. The maximum absolute atomic E-state index is 12.8. The highest BCUT2D eigenvalue weighted by Crippen LogP contribution is 2.34. The Morgan fingerprint density at radius 1 is 0.821 bits per heavy atom. The summed E-state index contributed by atoms with van der Waals surface area (Å²) < 4.78 is 0. The molecule has 2 aliphatic heterocycles. The van der Waals surface area contributed by atoms with Crippen molar-refractivity contribution in [2.75, 3.05) is 26.2 Å². The van der Waals surface area contributed by atoms with Crippen molar-refractivity contribution in [3.8, 4) is 22.5 Å². The molecule has 5 N–H and O–H groups in total. The summed E-state index contributed by atoms with van der Waals surface area (Å²) in [5.74, 6) is 1.50. The summed E-state index contributed by atoms with van der Waals surface area (Å²) in [5, 5.41) is 2.78. The van der Waals surface area contributed by atoms with Gasteiger partial charge < -0.3 is 30.8 Å². The number of benzene rings is 1. The minimum absolute atomic E-state index is 0.00846. The van der Waals surface area contributed by atoms with Gasteiger partial charge in [-0.25, -0.2) is 9.97 Å². The molecule has 3 aromatic rings. The summed E-state index contributed by atoms with van der Waals surface area (Å²) >= 11 is 0. The minimum atomic E-state index is -0.118. The Hall–Kier alpha value is -3.99. The van der Waals surface area contributed by atoms with Crippen LogP contribution in [-0.2, 0) is 14.4 Å².